The highest BCUT2D eigenvalue weighted by atomic mass is 32.2. The second kappa shape index (κ2) is 5.95. The van der Waals surface area contributed by atoms with Gasteiger partial charge in [0.25, 0.3) is 10.1 Å². The van der Waals surface area contributed by atoms with Crippen LogP contribution in [0, 0.1) is 5.92 Å². The molecule has 2 heterocycles. The van der Waals surface area contributed by atoms with E-state index in [2.05, 4.69) is 20.3 Å². The van der Waals surface area contributed by atoms with Crippen molar-refractivity contribution in [2.24, 2.45) is 5.92 Å². The third-order valence-corrected chi connectivity index (χ3v) is 5.36. The van der Waals surface area contributed by atoms with E-state index >= 15 is 0 Å². The molecule has 2 aromatic rings. The van der Waals surface area contributed by atoms with Gasteiger partial charge in [-0.3, -0.25) is 4.55 Å². The summed E-state index contributed by atoms with van der Waals surface area (Å²) in [6.45, 7) is 0. The first kappa shape index (κ1) is 16.3. The number of nitrogens with one attached hydrogen (secondary N) is 1. The summed E-state index contributed by atoms with van der Waals surface area (Å²) in [6.07, 6.45) is 9.08. The van der Waals surface area contributed by atoms with Gasteiger partial charge in [0.15, 0.2) is 17.0 Å². The zero-order valence-corrected chi connectivity index (χ0v) is 14.4. The number of hydrogen-bond acceptors (Lipinski definition) is 7. The summed E-state index contributed by atoms with van der Waals surface area (Å²) in [4.78, 5) is 13.0. The quantitative estimate of drug-likeness (QED) is 0.516. The second-order valence-corrected chi connectivity index (χ2v) is 8.27. The normalized spacial score (nSPS) is 23.4. The van der Waals surface area contributed by atoms with Crippen molar-refractivity contribution in [1.82, 2.24) is 19.5 Å². The molecule has 1 fully saturated rings. The highest BCUT2D eigenvalue weighted by molar-refractivity contribution is 7.85. The summed E-state index contributed by atoms with van der Waals surface area (Å²) in [5, 5.41) is 3.33. The van der Waals surface area contributed by atoms with Crippen LogP contribution >= 0.6 is 0 Å². The zero-order valence-electron chi connectivity index (χ0n) is 13.5. The van der Waals surface area contributed by atoms with E-state index in [0.29, 0.717) is 29.4 Å². The van der Waals surface area contributed by atoms with Crippen LogP contribution in [0.15, 0.2) is 18.5 Å². The number of fused-ring (bicyclic) bond motifs is 1. The van der Waals surface area contributed by atoms with Crippen molar-refractivity contribution in [3.05, 3.63) is 18.5 Å². The number of hydrogen-bond donors (Lipinski definition) is 3. The van der Waals surface area contributed by atoms with E-state index in [4.69, 9.17) is 10.3 Å². The molecule has 4 rings (SSSR count). The molecule has 0 amide bonds. The summed E-state index contributed by atoms with van der Waals surface area (Å²) in [6, 6.07) is 0.457. The molecule has 10 heteroatoms. The summed E-state index contributed by atoms with van der Waals surface area (Å²) in [5.41, 5.74) is 7.21. The van der Waals surface area contributed by atoms with Crippen molar-refractivity contribution in [3.63, 3.8) is 0 Å². The van der Waals surface area contributed by atoms with E-state index in [1.165, 1.54) is 0 Å². The van der Waals surface area contributed by atoms with Gasteiger partial charge in [0.2, 0.25) is 5.95 Å². The van der Waals surface area contributed by atoms with Gasteiger partial charge in [-0.1, -0.05) is 12.2 Å². The highest BCUT2D eigenvalue weighted by Gasteiger charge is 2.26. The molecule has 0 saturated heterocycles. The SMILES string of the molecule is Nc1nc(NC2CC2)c2ncn([C@@H]3C=C[C@H](CCS(=O)(=O)O)C3)c2n1. The van der Waals surface area contributed by atoms with Crippen molar-refractivity contribution in [2.45, 2.75) is 37.8 Å². The first-order valence-corrected chi connectivity index (χ1v) is 9.90. The molecule has 2 aromatic heterocycles. The van der Waals surface area contributed by atoms with Crippen molar-refractivity contribution in [2.75, 3.05) is 16.8 Å². The van der Waals surface area contributed by atoms with Crippen LogP contribution in [-0.2, 0) is 10.1 Å². The number of nitrogens with two attached hydrogens (primary N) is 1. The zero-order chi connectivity index (χ0) is 17.6. The average molecular weight is 364 g/mol. The molecule has 0 bridgehead atoms. The monoisotopic (exact) mass is 364 g/mol. The molecular formula is C15H20N6O3S. The van der Waals surface area contributed by atoms with Gasteiger partial charge < -0.3 is 15.6 Å². The third kappa shape index (κ3) is 3.59. The molecule has 2 aliphatic rings. The number of aromatic nitrogens is 4. The molecule has 9 nitrogen and oxygen atoms in total. The molecular weight excluding hydrogens is 344 g/mol. The lowest BCUT2D eigenvalue weighted by Crippen LogP contribution is -2.11. The molecule has 0 unspecified atom stereocenters. The topological polar surface area (TPSA) is 136 Å². The molecule has 25 heavy (non-hydrogen) atoms. The van der Waals surface area contributed by atoms with Gasteiger partial charge >= 0.3 is 0 Å². The number of anilines is 2. The van der Waals surface area contributed by atoms with Gasteiger partial charge in [-0.05, 0) is 31.6 Å². The fraction of sp³-hybridized carbons (Fsp3) is 0.533. The van der Waals surface area contributed by atoms with E-state index in [-0.39, 0.29) is 23.7 Å². The number of rotatable bonds is 6. The first-order valence-electron chi connectivity index (χ1n) is 8.29. The van der Waals surface area contributed by atoms with Gasteiger partial charge in [-0.2, -0.15) is 18.4 Å². The van der Waals surface area contributed by atoms with Crippen molar-refractivity contribution >= 4 is 33.0 Å². The standard InChI is InChI=1S/C15H20N6O3S/c16-15-19-13(18-10-2-3-10)12-14(20-15)21(8-17-12)11-4-1-9(7-11)5-6-25(22,23)24/h1,4,8-11H,2-3,5-7H2,(H,22,23,24)(H3,16,18,19,20)/t9-,11-/m1/s1. The lowest BCUT2D eigenvalue weighted by atomic mass is 10.1. The third-order valence-electron chi connectivity index (χ3n) is 4.61. The average Bonchev–Trinajstić information content (AvgIpc) is 3.06. The highest BCUT2D eigenvalue weighted by Crippen LogP contribution is 2.34. The lowest BCUT2D eigenvalue weighted by Gasteiger charge is -2.14. The molecule has 0 aromatic carbocycles. The van der Waals surface area contributed by atoms with Crippen LogP contribution < -0.4 is 11.1 Å². The smallest absolute Gasteiger partial charge is 0.264 e. The molecule has 0 spiro atoms. The van der Waals surface area contributed by atoms with Crippen LogP contribution in [0.4, 0.5) is 11.8 Å². The number of nitrogens with zero attached hydrogens (tertiary/aromatic N) is 4. The molecule has 0 radical (unpaired) electrons. The second-order valence-electron chi connectivity index (χ2n) is 6.70. The maximum absolute atomic E-state index is 10.9. The Kier molecular flexibility index (Phi) is 3.88. The predicted octanol–water partition coefficient (Wildman–Crippen LogP) is 1.38. The Hall–Kier alpha value is -2.20. The van der Waals surface area contributed by atoms with Crippen molar-refractivity contribution < 1.29 is 13.0 Å². The van der Waals surface area contributed by atoms with Crippen molar-refractivity contribution in [3.8, 4) is 0 Å². The fourth-order valence-electron chi connectivity index (χ4n) is 3.17. The van der Waals surface area contributed by atoms with Gasteiger partial charge in [0, 0.05) is 6.04 Å². The lowest BCUT2D eigenvalue weighted by molar-refractivity contribution is 0.463. The number of nitrogen functional groups attached to an aromatic ring is 1. The molecule has 2 atom stereocenters. The van der Waals surface area contributed by atoms with Gasteiger partial charge in [-0.25, -0.2) is 4.98 Å². The predicted molar refractivity (Wildman–Crippen MR) is 93.7 cm³/mol. The minimum atomic E-state index is -3.93. The maximum Gasteiger partial charge on any atom is 0.264 e. The Balaban J connectivity index is 1.56. The Morgan fingerprint density at radius 1 is 1.32 bits per heavy atom. The van der Waals surface area contributed by atoms with Crippen LogP contribution in [0.2, 0.25) is 0 Å². The summed E-state index contributed by atoms with van der Waals surface area (Å²) in [5.74, 6) is 0.716. The molecule has 4 N–H and O–H groups in total. The molecule has 2 aliphatic carbocycles. The Bertz CT molecular complexity index is 934. The number of imidazole rings is 1. The minimum Gasteiger partial charge on any atom is -0.368 e. The first-order chi connectivity index (χ1) is 11.9. The maximum atomic E-state index is 10.9. The fourth-order valence-corrected chi connectivity index (χ4v) is 3.77. The molecule has 134 valence electrons. The van der Waals surface area contributed by atoms with Crippen LogP contribution in [-0.4, -0.2) is 44.3 Å². The van der Waals surface area contributed by atoms with E-state index < -0.39 is 10.1 Å². The summed E-state index contributed by atoms with van der Waals surface area (Å²) in [7, 11) is -3.93. The van der Waals surface area contributed by atoms with Crippen LogP contribution in [0.5, 0.6) is 0 Å². The van der Waals surface area contributed by atoms with Gasteiger partial charge in [0.05, 0.1) is 18.1 Å². The number of allylic oxidation sites excluding steroid dienone is 2. The van der Waals surface area contributed by atoms with E-state index in [9.17, 15) is 8.42 Å². The van der Waals surface area contributed by atoms with Gasteiger partial charge in [0.1, 0.15) is 0 Å². The van der Waals surface area contributed by atoms with E-state index in [1.54, 1.807) is 6.33 Å². The van der Waals surface area contributed by atoms with Crippen molar-refractivity contribution in [1.29, 1.82) is 0 Å². The molecule has 1 saturated carbocycles. The largest absolute Gasteiger partial charge is 0.368 e. The Morgan fingerprint density at radius 3 is 2.84 bits per heavy atom. The van der Waals surface area contributed by atoms with E-state index in [0.717, 1.165) is 19.3 Å². The summed E-state index contributed by atoms with van der Waals surface area (Å²) < 4.78 is 32.7. The van der Waals surface area contributed by atoms with Crippen LogP contribution in [0.25, 0.3) is 11.2 Å². The molecule has 0 aliphatic heterocycles. The summed E-state index contributed by atoms with van der Waals surface area (Å²) >= 11 is 0. The van der Waals surface area contributed by atoms with Crippen LogP contribution in [0.1, 0.15) is 31.7 Å². The van der Waals surface area contributed by atoms with Crippen LogP contribution in [0.3, 0.4) is 0 Å². The Labute approximate surface area is 145 Å². The van der Waals surface area contributed by atoms with E-state index in [1.807, 2.05) is 16.7 Å². The minimum absolute atomic E-state index is 0.0273. The van der Waals surface area contributed by atoms with Gasteiger partial charge in [-0.15, -0.1) is 0 Å². The Morgan fingerprint density at radius 2 is 2.12 bits per heavy atom.